The summed E-state index contributed by atoms with van der Waals surface area (Å²) in [6, 6.07) is 0. The van der Waals surface area contributed by atoms with Gasteiger partial charge >= 0.3 is 0 Å². The van der Waals surface area contributed by atoms with Gasteiger partial charge < -0.3 is 10.0 Å². The van der Waals surface area contributed by atoms with Crippen LogP contribution < -0.4 is 5.32 Å². The van der Waals surface area contributed by atoms with Gasteiger partial charge in [-0.3, -0.25) is 10.1 Å². The molecule has 0 aromatic rings. The van der Waals surface area contributed by atoms with Crippen LogP contribution in [-0.2, 0) is 4.79 Å². The van der Waals surface area contributed by atoms with Crippen LogP contribution in [0.1, 0.15) is 12.8 Å². The number of nitrogens with one attached hydrogen (secondary N) is 1. The summed E-state index contributed by atoms with van der Waals surface area (Å²) in [7, 11) is 0. The van der Waals surface area contributed by atoms with Crippen molar-refractivity contribution in [3.63, 3.8) is 0 Å². The zero-order valence-corrected chi connectivity index (χ0v) is 6.99. The fraction of sp³-hybridized carbons (Fsp3) is 0.625. The highest BCUT2D eigenvalue weighted by Crippen LogP contribution is 2.15. The van der Waals surface area contributed by atoms with Gasteiger partial charge in [-0.2, -0.15) is 0 Å². The van der Waals surface area contributed by atoms with Crippen LogP contribution in [0.2, 0.25) is 0 Å². The Morgan fingerprint density at radius 3 is 3.08 bits per heavy atom. The van der Waals surface area contributed by atoms with Crippen molar-refractivity contribution in [3.8, 4) is 0 Å². The van der Waals surface area contributed by atoms with Crippen molar-refractivity contribution in [2.24, 2.45) is 0 Å². The zero-order valence-electron chi connectivity index (χ0n) is 6.99. The molecule has 0 aliphatic carbocycles. The maximum Gasteiger partial charge on any atom is 0.290 e. The van der Waals surface area contributed by atoms with E-state index in [9.17, 15) is 0 Å². The number of rotatable bonds is 0. The number of hydrogen-bond acceptors (Lipinski definition) is 3. The second-order valence-electron chi connectivity index (χ2n) is 2.79. The maximum atomic E-state index is 8.36. The summed E-state index contributed by atoms with van der Waals surface area (Å²) in [5, 5.41) is 10.2. The molecular weight excluding hydrogens is 156 g/mol. The van der Waals surface area contributed by atoms with E-state index in [4.69, 9.17) is 9.90 Å². The smallest absolute Gasteiger partial charge is 0.290 e. The molecule has 2 N–H and O–H groups in total. The molecule has 0 saturated carbocycles. The summed E-state index contributed by atoms with van der Waals surface area (Å²) in [5.74, 6) is 0. The molecule has 0 spiro atoms. The van der Waals surface area contributed by atoms with Gasteiger partial charge in [-0.25, -0.2) is 0 Å². The lowest BCUT2D eigenvalue weighted by Gasteiger charge is -2.22. The Bertz CT molecular complexity index is 180. The topological polar surface area (TPSA) is 52.6 Å². The SMILES string of the molecule is C1=C2CNCN2CCC1.O=CO. The standard InChI is InChI=1S/C7H12N2.CH2O2/c1-2-4-9-6-8-5-7(9)3-1;2-1-3/h3,8H,1-2,4-6H2;1H,(H,2,3). The van der Waals surface area contributed by atoms with Crippen LogP contribution in [0.4, 0.5) is 0 Å². The van der Waals surface area contributed by atoms with Crippen molar-refractivity contribution < 1.29 is 9.90 Å². The van der Waals surface area contributed by atoms with Crippen LogP contribution in [0, 0.1) is 0 Å². The molecule has 0 radical (unpaired) electrons. The molecule has 68 valence electrons. The molecule has 2 aliphatic heterocycles. The van der Waals surface area contributed by atoms with Gasteiger partial charge in [0, 0.05) is 18.8 Å². The van der Waals surface area contributed by atoms with Gasteiger partial charge in [-0.1, -0.05) is 6.08 Å². The summed E-state index contributed by atoms with van der Waals surface area (Å²) in [4.78, 5) is 10.8. The van der Waals surface area contributed by atoms with Gasteiger partial charge in [-0.15, -0.1) is 0 Å². The average molecular weight is 170 g/mol. The molecule has 0 bridgehead atoms. The molecule has 0 unspecified atom stereocenters. The van der Waals surface area contributed by atoms with Crippen LogP contribution in [0.3, 0.4) is 0 Å². The first kappa shape index (κ1) is 9.06. The van der Waals surface area contributed by atoms with Gasteiger partial charge in [0.25, 0.3) is 6.47 Å². The number of carboxylic acid groups (broad SMARTS) is 1. The van der Waals surface area contributed by atoms with Crippen LogP contribution >= 0.6 is 0 Å². The third kappa shape index (κ3) is 2.23. The second kappa shape index (κ2) is 4.77. The summed E-state index contributed by atoms with van der Waals surface area (Å²) in [6.45, 7) is 3.19. The molecular formula is C8H14N2O2. The fourth-order valence-corrected chi connectivity index (χ4v) is 1.51. The Balaban J connectivity index is 0.000000213. The van der Waals surface area contributed by atoms with Crippen molar-refractivity contribution >= 4 is 6.47 Å². The normalized spacial score (nSPS) is 20.3. The van der Waals surface area contributed by atoms with E-state index in [1.807, 2.05) is 0 Å². The summed E-state index contributed by atoms with van der Waals surface area (Å²) in [5.41, 5.74) is 1.52. The monoisotopic (exact) mass is 170 g/mol. The molecule has 0 aromatic heterocycles. The Morgan fingerprint density at radius 1 is 1.67 bits per heavy atom. The third-order valence-corrected chi connectivity index (χ3v) is 2.03. The molecule has 0 aromatic carbocycles. The minimum atomic E-state index is -0.250. The van der Waals surface area contributed by atoms with Gasteiger partial charge in [0.15, 0.2) is 0 Å². The Labute approximate surface area is 71.9 Å². The summed E-state index contributed by atoms with van der Waals surface area (Å²) >= 11 is 0. The number of fused-ring (bicyclic) bond motifs is 1. The molecule has 1 fully saturated rings. The van der Waals surface area contributed by atoms with E-state index in [0.717, 1.165) is 13.2 Å². The van der Waals surface area contributed by atoms with Gasteiger partial charge in [-0.05, 0) is 12.8 Å². The van der Waals surface area contributed by atoms with E-state index in [-0.39, 0.29) is 6.47 Å². The van der Waals surface area contributed by atoms with Crippen LogP contribution in [0.5, 0.6) is 0 Å². The minimum Gasteiger partial charge on any atom is -0.483 e. The zero-order chi connectivity index (χ0) is 8.81. The van der Waals surface area contributed by atoms with Crippen LogP contribution in [0.15, 0.2) is 11.8 Å². The predicted molar refractivity (Wildman–Crippen MR) is 45.6 cm³/mol. The molecule has 0 amide bonds. The number of hydrogen-bond donors (Lipinski definition) is 2. The summed E-state index contributed by atoms with van der Waals surface area (Å²) in [6.07, 6.45) is 4.97. The summed E-state index contributed by atoms with van der Waals surface area (Å²) < 4.78 is 0. The van der Waals surface area contributed by atoms with Crippen molar-refractivity contribution in [1.82, 2.24) is 10.2 Å². The molecule has 2 rings (SSSR count). The van der Waals surface area contributed by atoms with Crippen molar-refractivity contribution in [2.75, 3.05) is 19.8 Å². The molecule has 12 heavy (non-hydrogen) atoms. The first-order chi connectivity index (χ1) is 5.88. The highest BCUT2D eigenvalue weighted by Gasteiger charge is 2.17. The first-order valence-corrected chi connectivity index (χ1v) is 4.11. The predicted octanol–water partition coefficient (Wildman–Crippen LogP) is 0.228. The van der Waals surface area contributed by atoms with Gasteiger partial charge in [0.05, 0.1) is 6.67 Å². The molecule has 2 heterocycles. The molecule has 4 heteroatoms. The lowest BCUT2D eigenvalue weighted by molar-refractivity contribution is -0.122. The van der Waals surface area contributed by atoms with Crippen LogP contribution in [0.25, 0.3) is 0 Å². The molecule has 4 nitrogen and oxygen atoms in total. The first-order valence-electron chi connectivity index (χ1n) is 4.11. The van der Waals surface area contributed by atoms with E-state index < -0.39 is 0 Å². The third-order valence-electron chi connectivity index (χ3n) is 2.03. The molecule has 1 saturated heterocycles. The Morgan fingerprint density at radius 2 is 2.42 bits per heavy atom. The van der Waals surface area contributed by atoms with E-state index in [0.29, 0.717) is 0 Å². The van der Waals surface area contributed by atoms with Crippen LogP contribution in [-0.4, -0.2) is 36.2 Å². The highest BCUT2D eigenvalue weighted by molar-refractivity contribution is 5.32. The Hall–Kier alpha value is -1.03. The van der Waals surface area contributed by atoms with E-state index >= 15 is 0 Å². The van der Waals surface area contributed by atoms with Gasteiger partial charge in [0.2, 0.25) is 0 Å². The Kier molecular flexibility index (Phi) is 3.60. The van der Waals surface area contributed by atoms with E-state index in [1.54, 1.807) is 0 Å². The lowest BCUT2D eigenvalue weighted by atomic mass is 10.2. The van der Waals surface area contributed by atoms with E-state index in [2.05, 4.69) is 16.3 Å². The van der Waals surface area contributed by atoms with E-state index in [1.165, 1.54) is 25.1 Å². The number of nitrogens with zero attached hydrogens (tertiary/aromatic N) is 1. The molecule has 0 atom stereocenters. The largest absolute Gasteiger partial charge is 0.483 e. The minimum absolute atomic E-state index is 0.250. The highest BCUT2D eigenvalue weighted by atomic mass is 16.3. The second-order valence-corrected chi connectivity index (χ2v) is 2.79. The lowest BCUT2D eigenvalue weighted by Crippen LogP contribution is -2.24. The van der Waals surface area contributed by atoms with Gasteiger partial charge in [0.1, 0.15) is 0 Å². The van der Waals surface area contributed by atoms with Crippen molar-refractivity contribution in [1.29, 1.82) is 0 Å². The number of allylic oxidation sites excluding steroid dienone is 1. The molecule has 2 aliphatic rings. The quantitative estimate of drug-likeness (QED) is 0.511. The maximum absolute atomic E-state index is 8.36. The van der Waals surface area contributed by atoms with Crippen molar-refractivity contribution in [2.45, 2.75) is 12.8 Å². The van der Waals surface area contributed by atoms with Crippen molar-refractivity contribution in [3.05, 3.63) is 11.8 Å². The average Bonchev–Trinajstić information content (AvgIpc) is 2.52. The fourth-order valence-electron chi connectivity index (χ4n) is 1.51. The number of carbonyl (C=O) groups is 1.